The van der Waals surface area contributed by atoms with Crippen LogP contribution in [0.4, 0.5) is 0 Å². The number of carbonyl (C=O) groups is 1. The Morgan fingerprint density at radius 3 is 2.57 bits per heavy atom. The number of nitrogens with one attached hydrogen (secondary N) is 1. The summed E-state index contributed by atoms with van der Waals surface area (Å²) in [4.78, 5) is 15.8. The van der Waals surface area contributed by atoms with Gasteiger partial charge in [-0.2, -0.15) is 5.10 Å². The fourth-order valence-electron chi connectivity index (χ4n) is 2.25. The van der Waals surface area contributed by atoms with E-state index >= 15 is 0 Å². The van der Waals surface area contributed by atoms with Crippen molar-refractivity contribution < 1.29 is 14.3 Å². The Labute approximate surface area is 133 Å². The molecule has 0 radical (unpaired) electrons. The number of benzene rings is 2. The molecule has 2 aromatic carbocycles. The van der Waals surface area contributed by atoms with Crippen LogP contribution in [-0.2, 0) is 0 Å². The van der Waals surface area contributed by atoms with Crippen molar-refractivity contribution in [3.8, 4) is 34.3 Å². The quantitative estimate of drug-likeness (QED) is 0.733. The van der Waals surface area contributed by atoms with Gasteiger partial charge < -0.3 is 9.47 Å². The molecule has 0 fully saturated rings. The normalized spacial score (nSPS) is 10.3. The van der Waals surface area contributed by atoms with E-state index in [2.05, 4.69) is 15.2 Å². The molecule has 116 valence electrons. The number of rotatable bonds is 5. The summed E-state index contributed by atoms with van der Waals surface area (Å²) in [6.07, 6.45) is 0.769. The molecule has 0 bridgehead atoms. The Bertz CT molecular complexity index is 843. The van der Waals surface area contributed by atoms with Gasteiger partial charge in [0, 0.05) is 16.7 Å². The first-order chi connectivity index (χ1) is 11.2. The van der Waals surface area contributed by atoms with Crippen LogP contribution < -0.4 is 9.47 Å². The zero-order valence-electron chi connectivity index (χ0n) is 12.7. The third-order valence-corrected chi connectivity index (χ3v) is 3.45. The molecule has 0 atom stereocenters. The summed E-state index contributed by atoms with van der Waals surface area (Å²) in [6.45, 7) is 0. The Kier molecular flexibility index (Phi) is 4.05. The van der Waals surface area contributed by atoms with Gasteiger partial charge in [-0.15, -0.1) is 0 Å². The first kappa shape index (κ1) is 14.8. The second-order valence-corrected chi connectivity index (χ2v) is 4.81. The molecular formula is C17H15N3O3. The van der Waals surface area contributed by atoms with Gasteiger partial charge in [-0.1, -0.05) is 12.1 Å². The first-order valence-corrected chi connectivity index (χ1v) is 6.95. The van der Waals surface area contributed by atoms with Gasteiger partial charge in [0.1, 0.15) is 11.5 Å². The average Bonchev–Trinajstić information content (AvgIpc) is 3.11. The van der Waals surface area contributed by atoms with E-state index in [1.165, 1.54) is 0 Å². The van der Waals surface area contributed by atoms with Crippen molar-refractivity contribution in [3.05, 3.63) is 48.0 Å². The van der Waals surface area contributed by atoms with E-state index < -0.39 is 0 Å². The third kappa shape index (κ3) is 2.91. The van der Waals surface area contributed by atoms with Crippen LogP contribution in [0.1, 0.15) is 10.4 Å². The Morgan fingerprint density at radius 2 is 1.83 bits per heavy atom. The lowest BCUT2D eigenvalue weighted by Gasteiger charge is -2.04. The van der Waals surface area contributed by atoms with Crippen molar-refractivity contribution in [2.75, 3.05) is 14.2 Å². The highest BCUT2D eigenvalue weighted by atomic mass is 16.5. The van der Waals surface area contributed by atoms with Crippen LogP contribution in [0, 0.1) is 0 Å². The predicted octanol–water partition coefficient (Wildman–Crippen LogP) is 2.97. The lowest BCUT2D eigenvalue weighted by atomic mass is 10.1. The number of nitrogens with zero attached hydrogens (tertiary/aromatic N) is 2. The van der Waals surface area contributed by atoms with E-state index in [1.54, 1.807) is 32.4 Å². The van der Waals surface area contributed by atoms with Gasteiger partial charge in [-0.05, 0) is 30.3 Å². The van der Waals surface area contributed by atoms with Crippen LogP contribution in [0.2, 0.25) is 0 Å². The van der Waals surface area contributed by atoms with Crippen LogP contribution in [-0.4, -0.2) is 35.7 Å². The molecule has 1 heterocycles. The third-order valence-electron chi connectivity index (χ3n) is 3.45. The number of methoxy groups -OCH3 is 2. The minimum absolute atomic E-state index is 0.484. The number of aldehydes is 1. The van der Waals surface area contributed by atoms with Gasteiger partial charge in [-0.3, -0.25) is 9.89 Å². The molecule has 0 aliphatic rings. The van der Waals surface area contributed by atoms with Crippen LogP contribution in [0.15, 0.2) is 42.5 Å². The van der Waals surface area contributed by atoms with E-state index in [0.717, 1.165) is 17.6 Å². The number of hydrogen-bond acceptors (Lipinski definition) is 5. The second-order valence-electron chi connectivity index (χ2n) is 4.81. The predicted molar refractivity (Wildman–Crippen MR) is 85.7 cm³/mol. The standard InChI is InChI=1S/C17H15N3O3/c1-22-13-5-3-4-11(8-13)16-18-17(20-19-16)15-7-6-14(23-2)9-12(15)10-21/h3-10H,1-2H3,(H,18,19,20). The SMILES string of the molecule is COc1cccc(-c2n[nH]c(-c3ccc(OC)cc3C=O)n2)c1. The van der Waals surface area contributed by atoms with Gasteiger partial charge in [0.15, 0.2) is 17.9 Å². The van der Waals surface area contributed by atoms with Gasteiger partial charge in [0.05, 0.1) is 14.2 Å². The molecule has 3 rings (SSSR count). The summed E-state index contributed by atoms with van der Waals surface area (Å²) in [6, 6.07) is 12.7. The lowest BCUT2D eigenvalue weighted by molar-refractivity contribution is 0.112. The molecule has 6 heteroatoms. The Balaban J connectivity index is 2.00. The molecule has 0 unspecified atom stereocenters. The van der Waals surface area contributed by atoms with Crippen molar-refractivity contribution in [2.24, 2.45) is 0 Å². The van der Waals surface area contributed by atoms with E-state index in [1.807, 2.05) is 24.3 Å². The van der Waals surface area contributed by atoms with Gasteiger partial charge >= 0.3 is 0 Å². The minimum atomic E-state index is 0.484. The molecule has 0 aliphatic carbocycles. The van der Waals surface area contributed by atoms with Gasteiger partial charge in [0.25, 0.3) is 0 Å². The number of ether oxygens (including phenoxy) is 2. The highest BCUT2D eigenvalue weighted by molar-refractivity contribution is 5.86. The largest absolute Gasteiger partial charge is 0.497 e. The summed E-state index contributed by atoms with van der Waals surface area (Å²) >= 11 is 0. The molecular weight excluding hydrogens is 294 g/mol. The molecule has 0 saturated carbocycles. The highest BCUT2D eigenvalue weighted by Gasteiger charge is 2.12. The lowest BCUT2D eigenvalue weighted by Crippen LogP contribution is -1.92. The van der Waals surface area contributed by atoms with Crippen molar-refractivity contribution in [1.29, 1.82) is 0 Å². The molecule has 1 aromatic heterocycles. The molecule has 3 aromatic rings. The summed E-state index contributed by atoms with van der Waals surface area (Å²) in [5.74, 6) is 2.40. The topological polar surface area (TPSA) is 77.1 Å². The van der Waals surface area contributed by atoms with Crippen LogP contribution >= 0.6 is 0 Å². The number of aromatic nitrogens is 3. The van der Waals surface area contributed by atoms with Crippen molar-refractivity contribution in [3.63, 3.8) is 0 Å². The smallest absolute Gasteiger partial charge is 0.181 e. The molecule has 0 aliphatic heterocycles. The maximum absolute atomic E-state index is 11.3. The minimum Gasteiger partial charge on any atom is -0.497 e. The fourth-order valence-corrected chi connectivity index (χ4v) is 2.25. The van der Waals surface area contributed by atoms with Crippen LogP contribution in [0.5, 0.6) is 11.5 Å². The fraction of sp³-hybridized carbons (Fsp3) is 0.118. The number of hydrogen-bond donors (Lipinski definition) is 1. The molecule has 1 N–H and O–H groups in total. The van der Waals surface area contributed by atoms with E-state index in [9.17, 15) is 4.79 Å². The van der Waals surface area contributed by atoms with Crippen molar-refractivity contribution >= 4 is 6.29 Å². The summed E-state index contributed by atoms with van der Waals surface area (Å²) in [7, 11) is 3.16. The van der Waals surface area contributed by atoms with Gasteiger partial charge in [-0.25, -0.2) is 4.98 Å². The van der Waals surface area contributed by atoms with Crippen molar-refractivity contribution in [2.45, 2.75) is 0 Å². The first-order valence-electron chi connectivity index (χ1n) is 6.95. The van der Waals surface area contributed by atoms with Crippen LogP contribution in [0.3, 0.4) is 0 Å². The average molecular weight is 309 g/mol. The molecule has 0 saturated heterocycles. The zero-order valence-corrected chi connectivity index (χ0v) is 12.7. The van der Waals surface area contributed by atoms with E-state index in [-0.39, 0.29) is 0 Å². The number of aromatic amines is 1. The maximum atomic E-state index is 11.3. The summed E-state index contributed by atoms with van der Waals surface area (Å²) in [5, 5.41) is 7.09. The van der Waals surface area contributed by atoms with E-state index in [0.29, 0.717) is 28.5 Å². The molecule has 0 amide bonds. The second kappa shape index (κ2) is 6.31. The molecule has 23 heavy (non-hydrogen) atoms. The molecule has 6 nitrogen and oxygen atoms in total. The number of carbonyl (C=O) groups excluding carboxylic acids is 1. The van der Waals surface area contributed by atoms with Crippen molar-refractivity contribution in [1.82, 2.24) is 15.2 Å². The maximum Gasteiger partial charge on any atom is 0.181 e. The van der Waals surface area contributed by atoms with Crippen LogP contribution in [0.25, 0.3) is 22.8 Å². The monoisotopic (exact) mass is 309 g/mol. The Morgan fingerprint density at radius 1 is 1.04 bits per heavy atom. The summed E-state index contributed by atoms with van der Waals surface area (Å²) in [5.41, 5.74) is 1.98. The Hall–Kier alpha value is -3.15. The highest BCUT2D eigenvalue weighted by Crippen LogP contribution is 2.26. The van der Waals surface area contributed by atoms with E-state index in [4.69, 9.17) is 9.47 Å². The summed E-state index contributed by atoms with van der Waals surface area (Å²) < 4.78 is 10.3. The number of H-pyrrole nitrogens is 1. The zero-order chi connectivity index (χ0) is 16.2. The van der Waals surface area contributed by atoms with Gasteiger partial charge in [0.2, 0.25) is 0 Å². The molecule has 0 spiro atoms.